The second kappa shape index (κ2) is 7.18. The van der Waals surface area contributed by atoms with E-state index >= 15 is 0 Å². The number of benzene rings is 1. The predicted molar refractivity (Wildman–Crippen MR) is 110 cm³/mol. The molecule has 0 radical (unpaired) electrons. The first kappa shape index (κ1) is 19.4. The number of hydrogen-bond donors (Lipinski definition) is 1. The Bertz CT molecular complexity index is 974. The minimum Gasteiger partial charge on any atom is -0.372 e. The summed E-state index contributed by atoms with van der Waals surface area (Å²) in [7, 11) is 1.64. The first-order valence-corrected chi connectivity index (χ1v) is 9.77. The molecule has 8 nitrogen and oxygen atoms in total. The van der Waals surface area contributed by atoms with E-state index in [-0.39, 0.29) is 5.60 Å². The summed E-state index contributed by atoms with van der Waals surface area (Å²) in [6.45, 7) is 6.84. The van der Waals surface area contributed by atoms with Crippen LogP contribution in [0, 0.1) is 0 Å². The molecule has 1 saturated heterocycles. The lowest BCUT2D eigenvalue weighted by atomic mass is 10.1. The molecule has 29 heavy (non-hydrogen) atoms. The van der Waals surface area contributed by atoms with Crippen LogP contribution in [0.4, 0.5) is 5.69 Å². The Hall–Kier alpha value is -2.87. The Morgan fingerprint density at radius 3 is 2.69 bits per heavy atom. The Morgan fingerprint density at radius 2 is 2.07 bits per heavy atom. The highest BCUT2D eigenvalue weighted by Crippen LogP contribution is 2.47. The third kappa shape index (κ3) is 3.37. The van der Waals surface area contributed by atoms with Crippen molar-refractivity contribution in [3.05, 3.63) is 30.0 Å². The molecule has 2 aliphatic rings. The van der Waals surface area contributed by atoms with Gasteiger partial charge < -0.3 is 19.0 Å². The topological polar surface area (TPSA) is 85.2 Å². The van der Waals surface area contributed by atoms with E-state index < -0.39 is 5.54 Å². The number of carbonyl (C=O) groups is 2. The smallest absolute Gasteiger partial charge is 0.320 e. The quantitative estimate of drug-likeness (QED) is 0.348. The van der Waals surface area contributed by atoms with Crippen molar-refractivity contribution in [2.75, 3.05) is 31.6 Å². The fraction of sp³-hybridized carbons (Fsp3) is 0.476. The highest BCUT2D eigenvalue weighted by Gasteiger charge is 2.51. The summed E-state index contributed by atoms with van der Waals surface area (Å²) in [5.74, 6) is 0.532. The molecule has 1 aliphatic heterocycles. The molecule has 1 aliphatic carbocycles. The van der Waals surface area contributed by atoms with Gasteiger partial charge in [0.2, 0.25) is 0 Å². The molecule has 8 heteroatoms. The number of carbonyl (C=O) groups excluding carboxylic acids is 2. The van der Waals surface area contributed by atoms with Gasteiger partial charge in [0.15, 0.2) is 12.1 Å². The number of ether oxygens (including phenoxy) is 1. The number of aldehydes is 1. The molecule has 0 atom stereocenters. The first-order valence-electron chi connectivity index (χ1n) is 9.77. The van der Waals surface area contributed by atoms with Gasteiger partial charge in [-0.25, -0.2) is 5.48 Å². The molecular formula is C21H26N4O4. The van der Waals surface area contributed by atoms with Crippen molar-refractivity contribution in [2.45, 2.75) is 37.8 Å². The zero-order chi connectivity index (χ0) is 20.6. The summed E-state index contributed by atoms with van der Waals surface area (Å²) in [6.07, 6.45) is 2.48. The number of nitrogens with one attached hydrogen (secondary N) is 1. The van der Waals surface area contributed by atoms with Gasteiger partial charge in [0, 0.05) is 36.7 Å². The van der Waals surface area contributed by atoms with Gasteiger partial charge >= 0.3 is 6.47 Å². The third-order valence-corrected chi connectivity index (χ3v) is 5.74. The van der Waals surface area contributed by atoms with Crippen LogP contribution in [-0.4, -0.2) is 55.5 Å². The van der Waals surface area contributed by atoms with Crippen LogP contribution in [-0.2, 0) is 19.9 Å². The summed E-state index contributed by atoms with van der Waals surface area (Å²) in [5, 5.41) is 0.993. The summed E-state index contributed by atoms with van der Waals surface area (Å²) in [6, 6.07) is 8.16. The van der Waals surface area contributed by atoms with E-state index in [2.05, 4.69) is 41.4 Å². The maximum atomic E-state index is 11.9. The monoisotopic (exact) mass is 398 g/mol. The van der Waals surface area contributed by atoms with Crippen LogP contribution >= 0.6 is 0 Å². The molecule has 0 bridgehead atoms. The van der Waals surface area contributed by atoms with Crippen LogP contribution < -0.4 is 10.4 Å². The van der Waals surface area contributed by atoms with E-state index in [1.54, 1.807) is 7.05 Å². The number of hydroxylamine groups is 1. The van der Waals surface area contributed by atoms with E-state index in [1.807, 2.05) is 16.7 Å². The number of morpholine rings is 1. The fourth-order valence-electron chi connectivity index (χ4n) is 4.34. The minimum atomic E-state index is -0.502. The number of nitrogens with zero attached hydrogens (tertiary/aromatic N) is 3. The maximum Gasteiger partial charge on any atom is 0.320 e. The van der Waals surface area contributed by atoms with Gasteiger partial charge in [0.25, 0.3) is 0 Å². The lowest BCUT2D eigenvalue weighted by molar-refractivity contribution is -0.132. The van der Waals surface area contributed by atoms with Crippen LogP contribution in [0.1, 0.15) is 37.2 Å². The average Bonchev–Trinajstić information content (AvgIpc) is 3.40. The van der Waals surface area contributed by atoms with Crippen molar-refractivity contribution in [1.82, 2.24) is 10.0 Å². The predicted octanol–water partition coefficient (Wildman–Crippen LogP) is 2.26. The SMILES string of the molecule is CN=C(NOC=O)C1(n2c(C=O)cc3cc(N4CCOC(C)(C)C4)ccc32)CC1. The van der Waals surface area contributed by atoms with Crippen LogP contribution in [0.2, 0.25) is 0 Å². The molecule has 4 rings (SSSR count). The second-order valence-electron chi connectivity index (χ2n) is 8.22. The molecule has 2 fully saturated rings. The van der Waals surface area contributed by atoms with E-state index in [9.17, 15) is 9.59 Å². The van der Waals surface area contributed by atoms with Crippen LogP contribution in [0.3, 0.4) is 0 Å². The van der Waals surface area contributed by atoms with Gasteiger partial charge in [0.05, 0.1) is 17.9 Å². The van der Waals surface area contributed by atoms with Crippen molar-refractivity contribution < 1.29 is 19.2 Å². The Balaban J connectivity index is 1.74. The molecule has 1 aromatic heterocycles. The zero-order valence-electron chi connectivity index (χ0n) is 17.0. The van der Waals surface area contributed by atoms with Crippen molar-refractivity contribution in [3.63, 3.8) is 0 Å². The number of fused-ring (bicyclic) bond motifs is 1. The number of rotatable bonds is 6. The first-order chi connectivity index (χ1) is 13.9. The maximum absolute atomic E-state index is 11.9. The highest BCUT2D eigenvalue weighted by molar-refractivity contribution is 5.98. The fourth-order valence-corrected chi connectivity index (χ4v) is 4.34. The molecule has 0 amide bonds. The summed E-state index contributed by atoms with van der Waals surface area (Å²) >= 11 is 0. The number of amidine groups is 1. The highest BCUT2D eigenvalue weighted by atomic mass is 16.7. The van der Waals surface area contributed by atoms with Gasteiger partial charge in [-0.1, -0.05) is 0 Å². The number of aromatic nitrogens is 1. The van der Waals surface area contributed by atoms with Crippen molar-refractivity contribution in [1.29, 1.82) is 0 Å². The summed E-state index contributed by atoms with van der Waals surface area (Å²) in [4.78, 5) is 33.8. The lowest BCUT2D eigenvalue weighted by Gasteiger charge is -2.39. The van der Waals surface area contributed by atoms with Gasteiger partial charge in [-0.2, -0.15) is 0 Å². The Labute approximate surface area is 169 Å². The van der Waals surface area contributed by atoms with Crippen LogP contribution in [0.5, 0.6) is 0 Å². The van der Waals surface area contributed by atoms with E-state index in [0.29, 0.717) is 24.6 Å². The molecule has 0 spiro atoms. The van der Waals surface area contributed by atoms with E-state index in [0.717, 1.165) is 48.8 Å². The number of hydrogen-bond acceptors (Lipinski definition) is 6. The van der Waals surface area contributed by atoms with E-state index in [1.165, 1.54) is 0 Å². The minimum absolute atomic E-state index is 0.193. The molecule has 2 aromatic rings. The number of aliphatic imine (C=N–C) groups is 1. The molecule has 1 aromatic carbocycles. The molecule has 2 heterocycles. The lowest BCUT2D eigenvalue weighted by Crippen LogP contribution is -2.48. The molecule has 1 N–H and O–H groups in total. The van der Waals surface area contributed by atoms with Gasteiger partial charge in [0.1, 0.15) is 5.54 Å². The van der Waals surface area contributed by atoms with Gasteiger partial charge in [-0.3, -0.25) is 14.6 Å². The molecule has 1 saturated carbocycles. The standard InChI is InChI=1S/C21H26N4O4/c1-20(2)13-24(8-9-28-20)16-4-5-18-15(10-16)11-17(12-26)25(18)21(6-7-21)19(22-3)23-29-14-27/h4-5,10-12,14H,6-9,13H2,1-3H3,(H,22,23). The van der Waals surface area contributed by atoms with Crippen LogP contribution in [0.15, 0.2) is 29.3 Å². The molecule has 0 unspecified atom stereocenters. The second-order valence-corrected chi connectivity index (χ2v) is 8.22. The molecule has 154 valence electrons. The van der Waals surface area contributed by atoms with Crippen molar-refractivity contribution in [2.24, 2.45) is 4.99 Å². The van der Waals surface area contributed by atoms with Crippen molar-refractivity contribution in [3.8, 4) is 0 Å². The third-order valence-electron chi connectivity index (χ3n) is 5.74. The Morgan fingerprint density at radius 1 is 1.28 bits per heavy atom. The molecular weight excluding hydrogens is 372 g/mol. The summed E-state index contributed by atoms with van der Waals surface area (Å²) < 4.78 is 7.83. The van der Waals surface area contributed by atoms with E-state index in [4.69, 9.17) is 9.57 Å². The van der Waals surface area contributed by atoms with Gasteiger partial charge in [-0.15, -0.1) is 0 Å². The van der Waals surface area contributed by atoms with Crippen LogP contribution in [0.25, 0.3) is 10.9 Å². The van der Waals surface area contributed by atoms with Gasteiger partial charge in [-0.05, 0) is 51.0 Å². The zero-order valence-corrected chi connectivity index (χ0v) is 17.0. The van der Waals surface area contributed by atoms with Crippen molar-refractivity contribution >= 4 is 35.2 Å². The largest absolute Gasteiger partial charge is 0.372 e. The Kier molecular flexibility index (Phi) is 4.82. The average molecular weight is 398 g/mol. The summed E-state index contributed by atoms with van der Waals surface area (Å²) in [5.41, 5.74) is 4.57. The normalized spacial score (nSPS) is 20.4. The number of anilines is 1.